The van der Waals surface area contributed by atoms with Crippen molar-refractivity contribution in [2.24, 2.45) is 5.41 Å². The summed E-state index contributed by atoms with van der Waals surface area (Å²) in [5.74, 6) is -0.487. The Morgan fingerprint density at radius 1 is 1.42 bits per heavy atom. The van der Waals surface area contributed by atoms with Gasteiger partial charge in [-0.3, -0.25) is 14.2 Å². The maximum absolute atomic E-state index is 12.6. The number of hydrogen-bond donors (Lipinski definition) is 3. The maximum atomic E-state index is 12.6. The van der Waals surface area contributed by atoms with Crippen molar-refractivity contribution in [1.82, 2.24) is 20.8 Å². The molecule has 2 bridgehead atoms. The van der Waals surface area contributed by atoms with Crippen LogP contribution >= 0.6 is 0 Å². The van der Waals surface area contributed by atoms with Crippen LogP contribution in [0, 0.1) is 5.41 Å². The van der Waals surface area contributed by atoms with Gasteiger partial charge >= 0.3 is 16.4 Å². The van der Waals surface area contributed by atoms with E-state index in [-0.39, 0.29) is 38.3 Å². The molecule has 3 N–H and O–H groups in total. The number of carbonyl (C=O) groups excluding carboxylic acids is 2. The number of hydrogen-bond acceptors (Lipinski definition) is 8. The van der Waals surface area contributed by atoms with Crippen LogP contribution in [-0.4, -0.2) is 85.9 Å². The minimum Gasteiger partial charge on any atom is -0.380 e. The minimum atomic E-state index is -4.87. The number of nitrogens with zero attached hydrogens (tertiary/aromatic N) is 2. The van der Waals surface area contributed by atoms with E-state index in [1.54, 1.807) is 7.05 Å². The summed E-state index contributed by atoms with van der Waals surface area (Å²) in [6.45, 7) is 0.622. The fraction of sp³-hybridized carbons (Fsp3) is 0.846. The quantitative estimate of drug-likeness (QED) is 0.346. The van der Waals surface area contributed by atoms with Crippen LogP contribution in [0.5, 0.6) is 0 Å². The van der Waals surface area contributed by atoms with Crippen LogP contribution in [0.2, 0.25) is 0 Å². The molecule has 26 heavy (non-hydrogen) atoms. The van der Waals surface area contributed by atoms with Crippen molar-refractivity contribution in [2.75, 3.05) is 26.8 Å². The minimum absolute atomic E-state index is 0.0956. The van der Waals surface area contributed by atoms with Gasteiger partial charge in [-0.2, -0.15) is 13.5 Å². The highest BCUT2D eigenvalue weighted by Gasteiger charge is 2.63. The molecule has 1 saturated carbocycles. The highest BCUT2D eigenvalue weighted by molar-refractivity contribution is 7.80. The summed E-state index contributed by atoms with van der Waals surface area (Å²) in [4.78, 5) is 31.6. The molecule has 4 rings (SSSR count). The monoisotopic (exact) mass is 392 g/mol. The molecule has 0 aromatic heterocycles. The van der Waals surface area contributed by atoms with E-state index in [9.17, 15) is 18.0 Å². The second-order valence-corrected chi connectivity index (χ2v) is 8.11. The Kier molecular flexibility index (Phi) is 4.13. The summed E-state index contributed by atoms with van der Waals surface area (Å²) in [6.07, 6.45) is 0.944. The van der Waals surface area contributed by atoms with Gasteiger partial charge in [-0.1, -0.05) is 0 Å². The first-order valence-electron chi connectivity index (χ1n) is 8.21. The molecular weight excluding hydrogens is 372 g/mol. The molecule has 4 fully saturated rings. The van der Waals surface area contributed by atoms with E-state index in [2.05, 4.69) is 15.1 Å². The van der Waals surface area contributed by atoms with Gasteiger partial charge in [-0.25, -0.2) is 10.3 Å². The largest absolute Gasteiger partial charge is 0.418 e. The Hall–Kier alpha value is -1.51. The number of carbonyl (C=O) groups is 2. The summed E-state index contributed by atoms with van der Waals surface area (Å²) >= 11 is 0. The number of amides is 3. The van der Waals surface area contributed by atoms with Crippen molar-refractivity contribution < 1.29 is 36.4 Å². The first kappa shape index (κ1) is 17.9. The number of fused-ring (bicyclic) bond motifs is 3. The normalized spacial score (nSPS) is 34.8. The molecule has 0 radical (unpaired) electrons. The van der Waals surface area contributed by atoms with Crippen molar-refractivity contribution >= 4 is 22.3 Å². The Balaban J connectivity index is 1.49. The molecule has 3 aliphatic heterocycles. The summed E-state index contributed by atoms with van der Waals surface area (Å²) in [5.41, 5.74) is 1.78. The number of piperidine rings is 1. The lowest BCUT2D eigenvalue weighted by molar-refractivity contribution is -0.194. The van der Waals surface area contributed by atoms with E-state index < -0.39 is 39.8 Å². The third-order valence-electron chi connectivity index (χ3n) is 5.44. The lowest BCUT2D eigenvalue weighted by Crippen LogP contribution is -2.63. The number of rotatable bonds is 6. The van der Waals surface area contributed by atoms with E-state index in [1.165, 1.54) is 4.90 Å². The highest BCUT2D eigenvalue weighted by Crippen LogP contribution is 2.47. The molecule has 4 atom stereocenters. The van der Waals surface area contributed by atoms with Crippen LogP contribution < -0.4 is 10.8 Å². The average molecular weight is 392 g/mol. The Bertz CT molecular complexity index is 726. The first-order valence-corrected chi connectivity index (χ1v) is 9.58. The number of urea groups is 1. The van der Waals surface area contributed by atoms with E-state index in [0.29, 0.717) is 5.06 Å². The predicted molar refractivity (Wildman–Crippen MR) is 82.5 cm³/mol. The van der Waals surface area contributed by atoms with Crippen LogP contribution in [0.25, 0.3) is 0 Å². The second kappa shape index (κ2) is 6.00. The topological polar surface area (TPSA) is 147 Å². The van der Waals surface area contributed by atoms with Crippen molar-refractivity contribution in [2.45, 2.75) is 37.1 Å². The van der Waals surface area contributed by atoms with Gasteiger partial charge in [0, 0.05) is 18.0 Å². The van der Waals surface area contributed by atoms with Crippen molar-refractivity contribution in [3.63, 3.8) is 0 Å². The molecule has 13 heteroatoms. The fourth-order valence-corrected chi connectivity index (χ4v) is 4.20. The average Bonchev–Trinajstić information content (AvgIpc) is 3.27. The van der Waals surface area contributed by atoms with Gasteiger partial charge < -0.3 is 15.0 Å². The molecule has 0 aromatic carbocycles. The van der Waals surface area contributed by atoms with Gasteiger partial charge in [0.25, 0.3) is 5.91 Å². The van der Waals surface area contributed by atoms with Gasteiger partial charge in [-0.05, 0) is 19.9 Å². The Labute approximate surface area is 149 Å². The lowest BCUT2D eigenvalue weighted by Gasteiger charge is -2.50. The molecule has 3 heterocycles. The lowest BCUT2D eigenvalue weighted by atomic mass is 9.71. The highest BCUT2D eigenvalue weighted by atomic mass is 32.3. The zero-order valence-electron chi connectivity index (χ0n) is 14.0. The van der Waals surface area contributed by atoms with Gasteiger partial charge in [-0.15, -0.1) is 4.28 Å². The summed E-state index contributed by atoms with van der Waals surface area (Å²) in [7, 11) is -3.07. The summed E-state index contributed by atoms with van der Waals surface area (Å²) < 4.78 is 40.8. The van der Waals surface area contributed by atoms with Crippen LogP contribution in [0.1, 0.15) is 12.8 Å². The SMILES string of the molecule is CNC1CC1ONC(=O)[C@@H]1CC2(COC2)[C@H]2CN1C(=O)N2OS(=O)(=O)O. The molecule has 2 unspecified atom stereocenters. The number of likely N-dealkylation sites (N-methyl/N-ethyl adjacent to an activating group) is 1. The molecule has 0 aromatic rings. The van der Waals surface area contributed by atoms with Crippen molar-refractivity contribution in [1.29, 1.82) is 0 Å². The summed E-state index contributed by atoms with van der Waals surface area (Å²) in [5, 5.41) is 3.65. The van der Waals surface area contributed by atoms with Crippen LogP contribution in [0.4, 0.5) is 4.79 Å². The van der Waals surface area contributed by atoms with Gasteiger partial charge in [0.15, 0.2) is 0 Å². The molecule has 3 saturated heterocycles. The third kappa shape index (κ3) is 2.93. The van der Waals surface area contributed by atoms with E-state index in [4.69, 9.17) is 14.1 Å². The fourth-order valence-electron chi connectivity index (χ4n) is 3.83. The van der Waals surface area contributed by atoms with Crippen LogP contribution in [0.3, 0.4) is 0 Å². The van der Waals surface area contributed by atoms with Crippen molar-refractivity contribution in [3.8, 4) is 0 Å². The third-order valence-corrected chi connectivity index (χ3v) is 5.79. The first-order chi connectivity index (χ1) is 12.2. The zero-order valence-corrected chi connectivity index (χ0v) is 14.8. The summed E-state index contributed by atoms with van der Waals surface area (Å²) in [6, 6.07) is -2.09. The van der Waals surface area contributed by atoms with E-state index in [0.717, 1.165) is 6.42 Å². The molecule has 4 aliphatic rings. The number of nitrogens with one attached hydrogen (secondary N) is 2. The van der Waals surface area contributed by atoms with Crippen LogP contribution in [-0.2, 0) is 29.1 Å². The predicted octanol–water partition coefficient (Wildman–Crippen LogP) is -1.98. The van der Waals surface area contributed by atoms with Gasteiger partial charge in [0.05, 0.1) is 19.3 Å². The van der Waals surface area contributed by atoms with Gasteiger partial charge in [0.1, 0.15) is 12.1 Å². The van der Waals surface area contributed by atoms with Gasteiger partial charge in [0.2, 0.25) is 0 Å². The smallest absolute Gasteiger partial charge is 0.380 e. The number of ether oxygens (including phenoxy) is 1. The molecule has 3 amide bonds. The van der Waals surface area contributed by atoms with E-state index >= 15 is 0 Å². The molecule has 12 nitrogen and oxygen atoms in total. The Morgan fingerprint density at radius 2 is 2.15 bits per heavy atom. The molecular formula is C13H20N4O8S. The van der Waals surface area contributed by atoms with Crippen molar-refractivity contribution in [3.05, 3.63) is 0 Å². The second-order valence-electron chi connectivity index (χ2n) is 7.11. The molecule has 1 spiro atoms. The molecule has 146 valence electrons. The van der Waals surface area contributed by atoms with Crippen LogP contribution in [0.15, 0.2) is 0 Å². The zero-order chi connectivity index (χ0) is 18.7. The standard InChI is InChI=1S/C13H20N4O8S/c1-14-7-2-9(7)24-15-11(18)8-3-13(5-23-6-13)10-4-16(8)12(19)17(10)25-26(20,21)22/h7-10,14H,2-6H2,1H3,(H,15,18)(H,20,21,22)/t7?,8-,9?,10+/m0/s1. The number of hydroxylamine groups is 3. The Morgan fingerprint density at radius 3 is 2.69 bits per heavy atom. The molecule has 1 aliphatic carbocycles. The maximum Gasteiger partial charge on any atom is 0.418 e. The van der Waals surface area contributed by atoms with E-state index in [1.807, 2.05) is 0 Å².